The first kappa shape index (κ1) is 15.9. The van der Waals surface area contributed by atoms with Gasteiger partial charge in [0.05, 0.1) is 24.3 Å². The molecule has 0 aromatic heterocycles. The van der Waals surface area contributed by atoms with Crippen LogP contribution >= 0.6 is 15.9 Å². The molecule has 0 aliphatic carbocycles. The van der Waals surface area contributed by atoms with E-state index in [1.54, 1.807) is 30.3 Å². The molecule has 2 aromatic rings. The number of amides is 1. The van der Waals surface area contributed by atoms with E-state index in [-0.39, 0.29) is 11.7 Å². The number of nitrogens with one attached hydrogen (secondary N) is 1. The third-order valence-corrected chi connectivity index (χ3v) is 4.39. The summed E-state index contributed by atoms with van der Waals surface area (Å²) in [5.74, 6) is -0.259. The highest BCUT2D eigenvalue weighted by Crippen LogP contribution is 2.30. The maximum Gasteiger partial charge on any atom is 0.235 e. The number of anilines is 1. The zero-order valence-corrected chi connectivity index (χ0v) is 14.2. The Kier molecular flexibility index (Phi) is 4.33. The van der Waals surface area contributed by atoms with Gasteiger partial charge in [-0.3, -0.25) is 9.59 Å². The van der Waals surface area contributed by atoms with Crippen LogP contribution < -0.4 is 5.32 Å². The Morgan fingerprint density at radius 3 is 2.43 bits per heavy atom. The molecule has 118 valence electrons. The quantitative estimate of drug-likeness (QED) is 0.832. The number of benzene rings is 2. The summed E-state index contributed by atoms with van der Waals surface area (Å²) in [7, 11) is 0. The summed E-state index contributed by atoms with van der Waals surface area (Å²) in [4.78, 5) is 25.1. The Balaban J connectivity index is 1.92. The summed E-state index contributed by atoms with van der Waals surface area (Å²) in [5.41, 5.74) is 1.03. The van der Waals surface area contributed by atoms with Gasteiger partial charge in [0.15, 0.2) is 5.78 Å². The molecule has 1 aliphatic heterocycles. The molecule has 0 spiro atoms. The molecular formula is C18H16BrNO3. The van der Waals surface area contributed by atoms with Crippen molar-refractivity contribution in [2.45, 2.75) is 6.92 Å². The number of halogens is 1. The topological polar surface area (TPSA) is 55.4 Å². The number of ether oxygens (including phenoxy) is 1. The van der Waals surface area contributed by atoms with Crippen LogP contribution in [0.2, 0.25) is 0 Å². The molecule has 1 N–H and O–H groups in total. The second kappa shape index (κ2) is 6.26. The summed E-state index contributed by atoms with van der Waals surface area (Å²) >= 11 is 3.38. The van der Waals surface area contributed by atoms with Gasteiger partial charge in [0.2, 0.25) is 5.91 Å². The molecule has 0 radical (unpaired) electrons. The third kappa shape index (κ3) is 3.21. The lowest BCUT2D eigenvalue weighted by Crippen LogP contribution is -2.49. The van der Waals surface area contributed by atoms with Crippen LogP contribution in [0.4, 0.5) is 5.69 Å². The molecule has 1 fully saturated rings. The van der Waals surface area contributed by atoms with E-state index in [9.17, 15) is 9.59 Å². The van der Waals surface area contributed by atoms with Crippen molar-refractivity contribution < 1.29 is 14.3 Å². The zero-order valence-electron chi connectivity index (χ0n) is 12.6. The van der Waals surface area contributed by atoms with Crippen LogP contribution in [-0.4, -0.2) is 24.9 Å². The van der Waals surface area contributed by atoms with Gasteiger partial charge >= 0.3 is 0 Å². The molecule has 0 atom stereocenters. The highest BCUT2D eigenvalue weighted by molar-refractivity contribution is 9.10. The number of ketones is 1. The average Bonchev–Trinajstić information content (AvgIpc) is 2.54. The standard InChI is InChI=1S/C18H16BrNO3/c1-18(10-23-11-18)17(22)20-15-8-7-13(19)9-14(15)16(21)12-5-3-2-4-6-12/h2-9H,10-11H2,1H3,(H,20,22). The predicted octanol–water partition coefficient (Wildman–Crippen LogP) is 3.66. The number of carbonyl (C=O) groups excluding carboxylic acids is 2. The van der Waals surface area contributed by atoms with Gasteiger partial charge < -0.3 is 10.1 Å². The van der Waals surface area contributed by atoms with Crippen molar-refractivity contribution >= 4 is 33.3 Å². The van der Waals surface area contributed by atoms with Crippen LogP contribution in [0.1, 0.15) is 22.8 Å². The summed E-state index contributed by atoms with van der Waals surface area (Å²) in [5, 5.41) is 2.87. The Labute approximate surface area is 143 Å². The second-order valence-electron chi connectivity index (χ2n) is 5.89. The van der Waals surface area contributed by atoms with Crippen molar-refractivity contribution in [1.82, 2.24) is 0 Å². The average molecular weight is 374 g/mol. The van der Waals surface area contributed by atoms with Crippen LogP contribution in [-0.2, 0) is 9.53 Å². The van der Waals surface area contributed by atoms with Crippen LogP contribution in [0, 0.1) is 5.41 Å². The smallest absolute Gasteiger partial charge is 0.235 e. The van der Waals surface area contributed by atoms with Gasteiger partial charge in [-0.2, -0.15) is 0 Å². The van der Waals surface area contributed by atoms with E-state index in [1.165, 1.54) is 0 Å². The fourth-order valence-electron chi connectivity index (χ4n) is 2.37. The van der Waals surface area contributed by atoms with E-state index in [1.807, 2.05) is 25.1 Å². The van der Waals surface area contributed by atoms with Gasteiger partial charge in [-0.25, -0.2) is 0 Å². The van der Waals surface area contributed by atoms with Gasteiger partial charge in [0.25, 0.3) is 0 Å². The SMILES string of the molecule is CC1(C(=O)Nc2ccc(Br)cc2C(=O)c2ccccc2)COC1. The van der Waals surface area contributed by atoms with E-state index in [2.05, 4.69) is 21.2 Å². The highest BCUT2D eigenvalue weighted by Gasteiger charge is 2.41. The fourth-order valence-corrected chi connectivity index (χ4v) is 2.73. The minimum atomic E-state index is -0.528. The van der Waals surface area contributed by atoms with E-state index >= 15 is 0 Å². The van der Waals surface area contributed by atoms with Crippen molar-refractivity contribution in [3.63, 3.8) is 0 Å². The first-order valence-electron chi connectivity index (χ1n) is 7.28. The van der Waals surface area contributed by atoms with Gasteiger partial charge in [0.1, 0.15) is 0 Å². The van der Waals surface area contributed by atoms with Crippen molar-refractivity contribution in [1.29, 1.82) is 0 Å². The fraction of sp³-hybridized carbons (Fsp3) is 0.222. The molecule has 3 rings (SSSR count). The lowest BCUT2D eigenvalue weighted by molar-refractivity contribution is -0.151. The molecular weight excluding hydrogens is 358 g/mol. The molecule has 4 nitrogen and oxygen atoms in total. The van der Waals surface area contributed by atoms with Crippen molar-refractivity contribution in [3.05, 3.63) is 64.1 Å². The minimum absolute atomic E-state index is 0.128. The number of rotatable bonds is 4. The molecule has 0 bridgehead atoms. The number of hydrogen-bond acceptors (Lipinski definition) is 3. The van der Waals surface area contributed by atoms with Crippen LogP contribution in [0.3, 0.4) is 0 Å². The first-order valence-corrected chi connectivity index (χ1v) is 8.07. The molecule has 1 amide bonds. The lowest BCUT2D eigenvalue weighted by Gasteiger charge is -2.36. The molecule has 2 aromatic carbocycles. The zero-order chi connectivity index (χ0) is 16.4. The molecule has 1 heterocycles. The van der Waals surface area contributed by atoms with Crippen molar-refractivity contribution in [2.75, 3.05) is 18.5 Å². The van der Waals surface area contributed by atoms with Crippen LogP contribution in [0.25, 0.3) is 0 Å². The monoisotopic (exact) mass is 373 g/mol. The van der Waals surface area contributed by atoms with E-state index < -0.39 is 5.41 Å². The summed E-state index contributed by atoms with van der Waals surface area (Å²) in [6, 6.07) is 14.3. The van der Waals surface area contributed by atoms with Crippen molar-refractivity contribution in [3.8, 4) is 0 Å². The third-order valence-electron chi connectivity index (χ3n) is 3.90. The van der Waals surface area contributed by atoms with Gasteiger partial charge in [0, 0.05) is 15.6 Å². The maximum atomic E-state index is 12.7. The molecule has 0 saturated carbocycles. The van der Waals surface area contributed by atoms with Crippen LogP contribution in [0.15, 0.2) is 53.0 Å². The second-order valence-corrected chi connectivity index (χ2v) is 6.81. The summed E-state index contributed by atoms with van der Waals surface area (Å²) < 4.78 is 5.91. The lowest BCUT2D eigenvalue weighted by atomic mass is 9.87. The van der Waals surface area contributed by atoms with Crippen LogP contribution in [0.5, 0.6) is 0 Å². The van der Waals surface area contributed by atoms with Gasteiger partial charge in [-0.1, -0.05) is 46.3 Å². The Morgan fingerprint density at radius 1 is 1.13 bits per heavy atom. The van der Waals surface area contributed by atoms with E-state index in [0.29, 0.717) is 30.0 Å². The largest absolute Gasteiger partial charge is 0.379 e. The normalized spacial score (nSPS) is 15.6. The number of hydrogen-bond donors (Lipinski definition) is 1. The minimum Gasteiger partial charge on any atom is -0.379 e. The van der Waals surface area contributed by atoms with E-state index in [0.717, 1.165) is 4.47 Å². The molecule has 1 aliphatic rings. The molecule has 5 heteroatoms. The Bertz CT molecular complexity index is 754. The van der Waals surface area contributed by atoms with Gasteiger partial charge in [-0.05, 0) is 25.1 Å². The van der Waals surface area contributed by atoms with Gasteiger partial charge in [-0.15, -0.1) is 0 Å². The highest BCUT2D eigenvalue weighted by atomic mass is 79.9. The summed E-state index contributed by atoms with van der Waals surface area (Å²) in [6.07, 6.45) is 0. The first-order chi connectivity index (χ1) is 11.0. The maximum absolute atomic E-state index is 12.7. The summed E-state index contributed by atoms with van der Waals surface area (Å²) in [6.45, 7) is 2.65. The molecule has 0 unspecified atom stereocenters. The molecule has 23 heavy (non-hydrogen) atoms. The van der Waals surface area contributed by atoms with Crippen molar-refractivity contribution in [2.24, 2.45) is 5.41 Å². The predicted molar refractivity (Wildman–Crippen MR) is 91.6 cm³/mol. The molecule has 1 saturated heterocycles. The number of carbonyl (C=O) groups is 2. The Hall–Kier alpha value is -1.98. The van der Waals surface area contributed by atoms with E-state index in [4.69, 9.17) is 4.74 Å². The Morgan fingerprint density at radius 2 is 1.83 bits per heavy atom.